The molecule has 2 nitrogen and oxygen atoms in total. The number of fused-ring (bicyclic) bond motifs is 3. The highest BCUT2D eigenvalue weighted by atomic mass is 35.5. The van der Waals surface area contributed by atoms with Gasteiger partial charge in [0.15, 0.2) is 0 Å². The first-order valence-electron chi connectivity index (χ1n) is 7.64. The van der Waals surface area contributed by atoms with E-state index in [9.17, 15) is 13.2 Å². The zero-order chi connectivity index (χ0) is 16.9. The lowest BCUT2D eigenvalue weighted by molar-refractivity contribution is -0.138. The van der Waals surface area contributed by atoms with Crippen molar-refractivity contribution in [1.29, 1.82) is 0 Å². The van der Waals surface area contributed by atoms with Gasteiger partial charge < -0.3 is 10.3 Å². The van der Waals surface area contributed by atoms with Crippen LogP contribution >= 0.6 is 11.6 Å². The highest BCUT2D eigenvalue weighted by Gasteiger charge is 2.37. The first kappa shape index (κ1) is 15.5. The van der Waals surface area contributed by atoms with Crippen molar-refractivity contribution < 1.29 is 13.2 Å². The summed E-state index contributed by atoms with van der Waals surface area (Å²) >= 11 is 6.08. The summed E-state index contributed by atoms with van der Waals surface area (Å²) in [6, 6.07) is 10.7. The molecule has 0 spiro atoms. The topological polar surface area (TPSA) is 27.8 Å². The van der Waals surface area contributed by atoms with Crippen molar-refractivity contribution in [2.45, 2.75) is 18.6 Å². The third-order valence-corrected chi connectivity index (χ3v) is 4.73. The molecule has 1 aromatic heterocycles. The Morgan fingerprint density at radius 1 is 1.08 bits per heavy atom. The second-order valence-electron chi connectivity index (χ2n) is 5.93. The molecular formula is C18H14ClF3N2. The van der Waals surface area contributed by atoms with Gasteiger partial charge in [-0.25, -0.2) is 0 Å². The van der Waals surface area contributed by atoms with Gasteiger partial charge in [-0.15, -0.1) is 0 Å². The van der Waals surface area contributed by atoms with Crippen LogP contribution in [0.3, 0.4) is 0 Å². The van der Waals surface area contributed by atoms with Crippen molar-refractivity contribution >= 4 is 22.5 Å². The summed E-state index contributed by atoms with van der Waals surface area (Å²) in [6.45, 7) is 0.614. The van der Waals surface area contributed by atoms with Gasteiger partial charge in [0, 0.05) is 28.2 Å². The second kappa shape index (κ2) is 5.53. The molecule has 2 N–H and O–H groups in total. The van der Waals surface area contributed by atoms with Gasteiger partial charge in [-0.05, 0) is 41.8 Å². The van der Waals surface area contributed by atoms with Crippen LogP contribution in [0.15, 0.2) is 42.5 Å². The molecule has 1 atom stereocenters. The molecule has 124 valence electrons. The maximum atomic E-state index is 13.4. The predicted octanol–water partition coefficient (Wildman–Crippen LogP) is 5.08. The van der Waals surface area contributed by atoms with Crippen molar-refractivity contribution in [3.8, 4) is 0 Å². The summed E-state index contributed by atoms with van der Waals surface area (Å²) in [6.07, 6.45) is -3.63. The van der Waals surface area contributed by atoms with Crippen LogP contribution < -0.4 is 5.32 Å². The largest absolute Gasteiger partial charge is 0.416 e. The van der Waals surface area contributed by atoms with E-state index >= 15 is 0 Å². The maximum absolute atomic E-state index is 13.4. The molecule has 2 heterocycles. The summed E-state index contributed by atoms with van der Waals surface area (Å²) in [5.41, 5.74) is 2.35. The summed E-state index contributed by atoms with van der Waals surface area (Å²) in [4.78, 5) is 3.28. The van der Waals surface area contributed by atoms with Crippen LogP contribution in [0.4, 0.5) is 13.2 Å². The molecular weight excluding hydrogens is 337 g/mol. The zero-order valence-corrected chi connectivity index (χ0v) is 13.3. The smallest absolute Gasteiger partial charge is 0.357 e. The van der Waals surface area contributed by atoms with E-state index in [1.54, 1.807) is 12.1 Å². The lowest BCUT2D eigenvalue weighted by Gasteiger charge is -2.27. The Bertz CT molecular complexity index is 914. The molecule has 1 unspecified atom stereocenters. The van der Waals surface area contributed by atoms with Crippen molar-refractivity contribution in [2.75, 3.05) is 6.54 Å². The average molecular weight is 351 g/mol. The number of rotatable bonds is 1. The molecule has 0 fully saturated rings. The number of aromatic amines is 1. The van der Waals surface area contributed by atoms with E-state index in [2.05, 4.69) is 10.3 Å². The van der Waals surface area contributed by atoms with Crippen molar-refractivity contribution in [1.82, 2.24) is 10.3 Å². The van der Waals surface area contributed by atoms with E-state index in [1.807, 2.05) is 12.1 Å². The Labute approximate surface area is 141 Å². The molecule has 0 amide bonds. The van der Waals surface area contributed by atoms with E-state index in [-0.39, 0.29) is 5.56 Å². The lowest BCUT2D eigenvalue weighted by atomic mass is 9.91. The Hall–Kier alpha value is -1.98. The SMILES string of the molecule is FC(F)(F)c1ccccc1C1NCCc2c1[nH]c1ccc(Cl)cc21. The molecule has 1 aliphatic rings. The fraction of sp³-hybridized carbons (Fsp3) is 0.222. The lowest BCUT2D eigenvalue weighted by Crippen LogP contribution is -2.32. The molecule has 6 heteroatoms. The van der Waals surface area contributed by atoms with Crippen LogP contribution in [-0.4, -0.2) is 11.5 Å². The van der Waals surface area contributed by atoms with Crippen molar-refractivity contribution in [3.63, 3.8) is 0 Å². The highest BCUT2D eigenvalue weighted by Crippen LogP contribution is 2.40. The first-order valence-corrected chi connectivity index (χ1v) is 8.02. The Kier molecular flexibility index (Phi) is 3.58. The summed E-state index contributed by atoms with van der Waals surface area (Å²) in [5, 5.41) is 4.82. The van der Waals surface area contributed by atoms with Gasteiger partial charge in [0.25, 0.3) is 0 Å². The van der Waals surface area contributed by atoms with Gasteiger partial charge in [-0.1, -0.05) is 29.8 Å². The normalized spacial score (nSPS) is 17.9. The molecule has 0 radical (unpaired) electrons. The number of hydrogen-bond donors (Lipinski definition) is 2. The van der Waals surface area contributed by atoms with E-state index in [0.29, 0.717) is 11.6 Å². The van der Waals surface area contributed by atoms with Gasteiger partial charge in [0.2, 0.25) is 0 Å². The van der Waals surface area contributed by atoms with E-state index in [4.69, 9.17) is 11.6 Å². The van der Waals surface area contributed by atoms with Gasteiger partial charge in [0.1, 0.15) is 0 Å². The van der Waals surface area contributed by atoms with Crippen LogP contribution in [0.5, 0.6) is 0 Å². The fourth-order valence-corrected chi connectivity index (χ4v) is 3.64. The number of benzene rings is 2. The van der Waals surface area contributed by atoms with Crippen LogP contribution in [0.1, 0.15) is 28.4 Å². The Balaban J connectivity index is 1.91. The van der Waals surface area contributed by atoms with Gasteiger partial charge >= 0.3 is 6.18 Å². The quantitative estimate of drug-likeness (QED) is 0.629. The summed E-state index contributed by atoms with van der Waals surface area (Å²) in [7, 11) is 0. The first-order chi connectivity index (χ1) is 11.4. The van der Waals surface area contributed by atoms with Gasteiger partial charge in [0.05, 0.1) is 11.6 Å². The predicted molar refractivity (Wildman–Crippen MR) is 88.3 cm³/mol. The molecule has 4 rings (SSSR count). The fourth-order valence-electron chi connectivity index (χ4n) is 3.47. The summed E-state index contributed by atoms with van der Waals surface area (Å²) in [5.74, 6) is 0. The monoisotopic (exact) mass is 350 g/mol. The number of hydrogen-bond acceptors (Lipinski definition) is 1. The molecule has 3 aromatic rings. The number of nitrogens with one attached hydrogen (secondary N) is 2. The number of aromatic nitrogens is 1. The van der Waals surface area contributed by atoms with E-state index in [1.165, 1.54) is 12.1 Å². The minimum Gasteiger partial charge on any atom is -0.357 e. The third-order valence-electron chi connectivity index (χ3n) is 4.49. The van der Waals surface area contributed by atoms with Crippen LogP contribution in [0.2, 0.25) is 5.02 Å². The molecule has 24 heavy (non-hydrogen) atoms. The number of alkyl halides is 3. The van der Waals surface area contributed by atoms with Crippen LogP contribution in [-0.2, 0) is 12.6 Å². The molecule has 0 bridgehead atoms. The second-order valence-corrected chi connectivity index (χ2v) is 6.37. The van der Waals surface area contributed by atoms with E-state index in [0.717, 1.165) is 34.6 Å². The van der Waals surface area contributed by atoms with Crippen molar-refractivity contribution in [2.24, 2.45) is 0 Å². The molecule has 1 aliphatic heterocycles. The minimum absolute atomic E-state index is 0.239. The molecule has 0 saturated heterocycles. The molecule has 2 aromatic carbocycles. The minimum atomic E-state index is -4.38. The van der Waals surface area contributed by atoms with E-state index < -0.39 is 17.8 Å². The molecule has 0 aliphatic carbocycles. The number of halogens is 4. The Morgan fingerprint density at radius 2 is 1.88 bits per heavy atom. The number of H-pyrrole nitrogens is 1. The van der Waals surface area contributed by atoms with Gasteiger partial charge in [-0.2, -0.15) is 13.2 Å². The van der Waals surface area contributed by atoms with Crippen molar-refractivity contribution in [3.05, 3.63) is 69.9 Å². The summed E-state index contributed by atoms with van der Waals surface area (Å²) < 4.78 is 40.1. The molecule has 0 saturated carbocycles. The highest BCUT2D eigenvalue weighted by molar-refractivity contribution is 6.31. The van der Waals surface area contributed by atoms with Crippen LogP contribution in [0.25, 0.3) is 10.9 Å². The zero-order valence-electron chi connectivity index (χ0n) is 12.5. The van der Waals surface area contributed by atoms with Gasteiger partial charge in [-0.3, -0.25) is 0 Å². The average Bonchev–Trinajstić information content (AvgIpc) is 2.92. The standard InChI is InChI=1S/C18H14ClF3N2/c19-10-5-6-15-13(9-10)11-7-8-23-16(17(11)24-15)12-3-1-2-4-14(12)18(20,21)22/h1-6,9,16,23-24H,7-8H2. The van der Waals surface area contributed by atoms with Crippen LogP contribution in [0, 0.1) is 0 Å². The Morgan fingerprint density at radius 3 is 2.67 bits per heavy atom. The maximum Gasteiger partial charge on any atom is 0.416 e. The third kappa shape index (κ3) is 2.48.